The first-order valence-electron chi connectivity index (χ1n) is 5.77. The van der Waals surface area contributed by atoms with Gasteiger partial charge in [0.2, 0.25) is 9.47 Å². The molecule has 102 valence electrons. The third-order valence-corrected chi connectivity index (χ3v) is 6.02. The van der Waals surface area contributed by atoms with Gasteiger partial charge in [0.1, 0.15) is 0 Å². The highest BCUT2D eigenvalue weighted by atomic mass is 32.2. The lowest BCUT2D eigenvalue weighted by molar-refractivity contribution is 0.264. The van der Waals surface area contributed by atoms with Gasteiger partial charge in [-0.1, -0.05) is 11.3 Å². The number of aliphatic hydroxyl groups is 1. The Balaban J connectivity index is 2.18. The van der Waals surface area contributed by atoms with Crippen LogP contribution in [-0.2, 0) is 10.0 Å². The van der Waals surface area contributed by atoms with Crippen LogP contribution in [0.2, 0.25) is 0 Å². The van der Waals surface area contributed by atoms with E-state index in [4.69, 9.17) is 10.8 Å². The number of hydrogen-bond acceptors (Lipinski definition) is 7. The molecule has 18 heavy (non-hydrogen) atoms. The Morgan fingerprint density at radius 3 is 2.89 bits per heavy atom. The first-order chi connectivity index (χ1) is 8.55. The third kappa shape index (κ3) is 2.63. The van der Waals surface area contributed by atoms with E-state index >= 15 is 0 Å². The average Bonchev–Trinajstić information content (AvgIpc) is 2.95. The van der Waals surface area contributed by atoms with Crippen molar-refractivity contribution in [3.63, 3.8) is 0 Å². The molecule has 0 saturated carbocycles. The monoisotopic (exact) mass is 292 g/mol. The second kappa shape index (κ2) is 5.47. The summed E-state index contributed by atoms with van der Waals surface area (Å²) in [6.45, 7) is 0.577. The summed E-state index contributed by atoms with van der Waals surface area (Å²) in [5.74, 6) is 0. The zero-order valence-corrected chi connectivity index (χ0v) is 11.5. The molecule has 0 amide bonds. The Hall–Kier alpha value is -0.770. The third-order valence-electron chi connectivity index (χ3n) is 2.97. The Bertz CT molecular complexity index is 502. The summed E-state index contributed by atoms with van der Waals surface area (Å²) < 4.78 is 26.1. The van der Waals surface area contributed by atoms with Gasteiger partial charge in [-0.2, -0.15) is 4.31 Å². The molecule has 1 aliphatic heterocycles. The number of nitrogens with zero attached hydrogens (tertiary/aromatic N) is 3. The fourth-order valence-corrected chi connectivity index (χ4v) is 4.79. The molecule has 7 nitrogen and oxygen atoms in total. The number of aliphatic hydroxyl groups excluding tert-OH is 1. The number of nitrogen functional groups attached to an aromatic ring is 1. The highest BCUT2D eigenvalue weighted by Crippen LogP contribution is 2.30. The van der Waals surface area contributed by atoms with Crippen molar-refractivity contribution >= 4 is 26.5 Å². The van der Waals surface area contributed by atoms with Gasteiger partial charge in [0.25, 0.3) is 10.0 Å². The number of aromatic nitrogens is 2. The van der Waals surface area contributed by atoms with Gasteiger partial charge in [0, 0.05) is 19.2 Å². The van der Waals surface area contributed by atoms with Crippen LogP contribution in [0.25, 0.3) is 0 Å². The van der Waals surface area contributed by atoms with Crippen molar-refractivity contribution in [1.29, 1.82) is 0 Å². The largest absolute Gasteiger partial charge is 0.396 e. The first-order valence-corrected chi connectivity index (χ1v) is 8.03. The van der Waals surface area contributed by atoms with Crippen molar-refractivity contribution in [3.8, 4) is 0 Å². The van der Waals surface area contributed by atoms with Crippen molar-refractivity contribution in [1.82, 2.24) is 14.5 Å². The number of nitrogens with two attached hydrogens (primary N) is 1. The van der Waals surface area contributed by atoms with E-state index in [-0.39, 0.29) is 22.1 Å². The zero-order chi connectivity index (χ0) is 13.2. The van der Waals surface area contributed by atoms with E-state index in [1.54, 1.807) is 0 Å². The summed E-state index contributed by atoms with van der Waals surface area (Å²) in [6, 6.07) is -0.0488. The van der Waals surface area contributed by atoms with E-state index in [2.05, 4.69) is 10.2 Å². The SMILES string of the molecule is Nc1nnc(S(=O)(=O)N2CCCC2CCCO)s1. The molecule has 0 spiro atoms. The van der Waals surface area contributed by atoms with E-state index in [0.29, 0.717) is 19.4 Å². The number of hydrogen-bond donors (Lipinski definition) is 2. The summed E-state index contributed by atoms with van der Waals surface area (Å²) in [5.41, 5.74) is 5.42. The highest BCUT2D eigenvalue weighted by molar-refractivity contribution is 7.91. The van der Waals surface area contributed by atoms with Crippen LogP contribution < -0.4 is 5.73 Å². The van der Waals surface area contributed by atoms with Crippen LogP contribution in [0.5, 0.6) is 0 Å². The van der Waals surface area contributed by atoms with Gasteiger partial charge in [-0.05, 0) is 25.7 Å². The minimum atomic E-state index is -3.58. The molecule has 1 aromatic rings. The normalized spacial score (nSPS) is 21.5. The first kappa shape index (κ1) is 13.7. The smallest absolute Gasteiger partial charge is 0.272 e. The summed E-state index contributed by atoms with van der Waals surface area (Å²) in [5, 5.41) is 16.1. The van der Waals surface area contributed by atoms with Crippen LogP contribution in [0.3, 0.4) is 0 Å². The molecule has 1 fully saturated rings. The van der Waals surface area contributed by atoms with Gasteiger partial charge < -0.3 is 10.8 Å². The lowest BCUT2D eigenvalue weighted by Gasteiger charge is -2.22. The van der Waals surface area contributed by atoms with Crippen molar-refractivity contribution in [2.45, 2.75) is 36.1 Å². The Morgan fingerprint density at radius 1 is 1.50 bits per heavy atom. The van der Waals surface area contributed by atoms with E-state index in [9.17, 15) is 8.42 Å². The van der Waals surface area contributed by atoms with E-state index in [0.717, 1.165) is 24.2 Å². The molecule has 2 rings (SSSR count). The van der Waals surface area contributed by atoms with Crippen molar-refractivity contribution in [2.75, 3.05) is 18.9 Å². The fourth-order valence-electron chi connectivity index (χ4n) is 2.17. The Morgan fingerprint density at radius 2 is 2.28 bits per heavy atom. The molecule has 0 aromatic carbocycles. The zero-order valence-electron chi connectivity index (χ0n) is 9.82. The molecule has 2 heterocycles. The maximum absolute atomic E-state index is 12.3. The van der Waals surface area contributed by atoms with Crippen molar-refractivity contribution in [3.05, 3.63) is 0 Å². The molecule has 0 bridgehead atoms. The molecule has 1 aliphatic rings. The minimum Gasteiger partial charge on any atom is -0.396 e. The topological polar surface area (TPSA) is 109 Å². The second-order valence-electron chi connectivity index (χ2n) is 4.18. The van der Waals surface area contributed by atoms with E-state index < -0.39 is 10.0 Å². The molecule has 0 aliphatic carbocycles. The van der Waals surface area contributed by atoms with Crippen molar-refractivity contribution < 1.29 is 13.5 Å². The Kier molecular flexibility index (Phi) is 4.15. The lowest BCUT2D eigenvalue weighted by Crippen LogP contribution is -2.35. The molecular weight excluding hydrogens is 276 g/mol. The maximum Gasteiger partial charge on any atom is 0.272 e. The van der Waals surface area contributed by atoms with Gasteiger partial charge in [0.05, 0.1) is 0 Å². The van der Waals surface area contributed by atoms with Crippen LogP contribution in [0, 0.1) is 0 Å². The summed E-state index contributed by atoms with van der Waals surface area (Å²) in [7, 11) is -3.58. The standard InChI is InChI=1S/C9H16N4O3S2/c10-8-11-12-9(17-8)18(15,16)13-5-1-3-7(13)4-2-6-14/h7,14H,1-6H2,(H2,10,11). The molecule has 1 saturated heterocycles. The van der Waals surface area contributed by atoms with Crippen molar-refractivity contribution in [2.24, 2.45) is 0 Å². The Labute approximate surface area is 110 Å². The molecule has 3 N–H and O–H groups in total. The van der Waals surface area contributed by atoms with Gasteiger partial charge in [-0.15, -0.1) is 10.2 Å². The summed E-state index contributed by atoms with van der Waals surface area (Å²) in [6.07, 6.45) is 2.94. The van der Waals surface area contributed by atoms with Gasteiger partial charge in [0.15, 0.2) is 0 Å². The molecule has 1 unspecified atom stereocenters. The molecule has 0 radical (unpaired) electrons. The van der Waals surface area contributed by atoms with Crippen LogP contribution >= 0.6 is 11.3 Å². The fraction of sp³-hybridized carbons (Fsp3) is 0.778. The average molecular weight is 292 g/mol. The van der Waals surface area contributed by atoms with E-state index in [1.165, 1.54) is 4.31 Å². The molecule has 9 heteroatoms. The second-order valence-corrected chi connectivity index (χ2v) is 7.26. The molecular formula is C9H16N4O3S2. The summed E-state index contributed by atoms with van der Waals surface area (Å²) in [4.78, 5) is 0. The van der Waals surface area contributed by atoms with Gasteiger partial charge in [-0.3, -0.25) is 0 Å². The summed E-state index contributed by atoms with van der Waals surface area (Å²) >= 11 is 0.884. The lowest BCUT2D eigenvalue weighted by atomic mass is 10.1. The van der Waals surface area contributed by atoms with Crippen LogP contribution in [0.15, 0.2) is 4.34 Å². The highest BCUT2D eigenvalue weighted by Gasteiger charge is 2.36. The van der Waals surface area contributed by atoms with Crippen LogP contribution in [0.1, 0.15) is 25.7 Å². The minimum absolute atomic E-state index is 0.0455. The number of rotatable bonds is 5. The molecule has 1 atom stereocenters. The van der Waals surface area contributed by atoms with E-state index in [1.807, 2.05) is 0 Å². The number of anilines is 1. The number of sulfonamides is 1. The van der Waals surface area contributed by atoms with Crippen LogP contribution in [-0.4, -0.2) is 47.2 Å². The van der Waals surface area contributed by atoms with Gasteiger partial charge >= 0.3 is 0 Å². The predicted octanol–water partition coefficient (Wildman–Crippen LogP) is 0.0459. The van der Waals surface area contributed by atoms with Crippen LogP contribution in [0.4, 0.5) is 5.13 Å². The quantitative estimate of drug-likeness (QED) is 0.793. The van der Waals surface area contributed by atoms with Gasteiger partial charge in [-0.25, -0.2) is 8.42 Å². The maximum atomic E-state index is 12.3. The molecule has 1 aromatic heterocycles. The predicted molar refractivity (Wildman–Crippen MR) is 67.6 cm³/mol.